The van der Waals surface area contributed by atoms with Gasteiger partial charge in [-0.2, -0.15) is 0 Å². The van der Waals surface area contributed by atoms with Crippen LogP contribution in [-0.4, -0.2) is 17.4 Å². The normalized spacial score (nSPS) is 10.1. The fourth-order valence-electron chi connectivity index (χ4n) is 0.928. The summed E-state index contributed by atoms with van der Waals surface area (Å²) in [6.07, 6.45) is 0. The molecule has 0 spiro atoms. The number of ketones is 1. The maximum absolute atomic E-state index is 11.2. The molecule has 5 heteroatoms. The molecule has 70 valence electrons. The molecule has 3 nitrogen and oxygen atoms in total. The number of hydrogen-bond acceptors (Lipinski definition) is 3. The topological polar surface area (TPSA) is 63.3 Å². The van der Waals surface area contributed by atoms with Crippen LogP contribution < -0.4 is 5.73 Å². The third-order valence-electron chi connectivity index (χ3n) is 1.49. The number of carbonyl (C=O) groups is 1. The minimum Gasteiger partial charge on any atom is -0.508 e. The number of benzene rings is 1. The van der Waals surface area contributed by atoms with Crippen molar-refractivity contribution in [1.29, 1.82) is 0 Å². The maximum Gasteiger partial charge on any atom is 0.179 e. The van der Waals surface area contributed by atoms with Crippen LogP contribution in [0.2, 0.25) is 10.0 Å². The molecule has 0 aliphatic rings. The maximum atomic E-state index is 11.2. The molecule has 0 unspecified atom stereocenters. The highest BCUT2D eigenvalue weighted by Gasteiger charge is 2.14. The van der Waals surface area contributed by atoms with Crippen molar-refractivity contribution in [3.8, 4) is 5.75 Å². The first kappa shape index (κ1) is 10.3. The average molecular weight is 220 g/mol. The SMILES string of the molecule is NCC(=O)c1c(Cl)cc(O)cc1Cl. The minimum absolute atomic E-state index is 0.0800. The van der Waals surface area contributed by atoms with E-state index in [1.807, 2.05) is 0 Å². The molecule has 1 aromatic rings. The van der Waals surface area contributed by atoms with Gasteiger partial charge >= 0.3 is 0 Å². The van der Waals surface area contributed by atoms with Gasteiger partial charge in [-0.1, -0.05) is 23.2 Å². The van der Waals surface area contributed by atoms with Crippen LogP contribution in [0.5, 0.6) is 5.75 Å². The Kier molecular flexibility index (Phi) is 3.14. The molecule has 0 fully saturated rings. The van der Waals surface area contributed by atoms with Gasteiger partial charge in [0, 0.05) is 0 Å². The zero-order valence-electron chi connectivity index (χ0n) is 6.55. The van der Waals surface area contributed by atoms with Crippen molar-refractivity contribution in [2.75, 3.05) is 6.54 Å². The molecule has 0 saturated heterocycles. The molecule has 0 aliphatic carbocycles. The zero-order valence-corrected chi connectivity index (χ0v) is 8.06. The molecule has 0 saturated carbocycles. The summed E-state index contributed by atoms with van der Waals surface area (Å²) in [5.74, 6) is -0.432. The van der Waals surface area contributed by atoms with Crippen LogP contribution in [-0.2, 0) is 0 Å². The van der Waals surface area contributed by atoms with Crippen LogP contribution in [0.25, 0.3) is 0 Å². The number of halogens is 2. The highest BCUT2D eigenvalue weighted by Crippen LogP contribution is 2.29. The molecule has 0 heterocycles. The molecule has 1 rings (SSSR count). The Morgan fingerprint density at radius 3 is 2.23 bits per heavy atom. The highest BCUT2D eigenvalue weighted by molar-refractivity contribution is 6.40. The van der Waals surface area contributed by atoms with Crippen molar-refractivity contribution < 1.29 is 9.90 Å². The van der Waals surface area contributed by atoms with Gasteiger partial charge in [-0.15, -0.1) is 0 Å². The summed E-state index contributed by atoms with van der Waals surface area (Å²) in [6, 6.07) is 2.49. The van der Waals surface area contributed by atoms with E-state index in [1.54, 1.807) is 0 Å². The lowest BCUT2D eigenvalue weighted by Gasteiger charge is -2.04. The number of nitrogens with two attached hydrogens (primary N) is 1. The predicted octanol–water partition coefficient (Wildman–Crippen LogP) is 1.84. The third kappa shape index (κ3) is 2.12. The second-order valence-electron chi connectivity index (χ2n) is 2.41. The van der Waals surface area contributed by atoms with Crippen molar-refractivity contribution in [2.45, 2.75) is 0 Å². The van der Waals surface area contributed by atoms with Crippen molar-refractivity contribution in [3.63, 3.8) is 0 Å². The van der Waals surface area contributed by atoms with E-state index in [2.05, 4.69) is 0 Å². The molecule has 0 bridgehead atoms. The van der Waals surface area contributed by atoms with E-state index in [0.29, 0.717) is 0 Å². The second-order valence-corrected chi connectivity index (χ2v) is 3.23. The van der Waals surface area contributed by atoms with Crippen LogP contribution in [0.15, 0.2) is 12.1 Å². The predicted molar refractivity (Wildman–Crippen MR) is 51.5 cm³/mol. The lowest BCUT2D eigenvalue weighted by atomic mass is 10.1. The summed E-state index contributed by atoms with van der Waals surface area (Å²) in [5, 5.41) is 9.28. The zero-order chi connectivity index (χ0) is 10.0. The van der Waals surface area contributed by atoms with Gasteiger partial charge in [-0.3, -0.25) is 4.79 Å². The largest absolute Gasteiger partial charge is 0.508 e. The van der Waals surface area contributed by atoms with Crippen molar-refractivity contribution in [3.05, 3.63) is 27.7 Å². The molecule has 13 heavy (non-hydrogen) atoms. The van der Waals surface area contributed by atoms with E-state index in [-0.39, 0.29) is 33.7 Å². The van der Waals surface area contributed by atoms with E-state index in [1.165, 1.54) is 12.1 Å². The highest BCUT2D eigenvalue weighted by atomic mass is 35.5. The summed E-state index contributed by atoms with van der Waals surface area (Å²) in [6.45, 7) is -0.162. The van der Waals surface area contributed by atoms with E-state index >= 15 is 0 Å². The van der Waals surface area contributed by atoms with Gasteiger partial charge in [0.25, 0.3) is 0 Å². The summed E-state index contributed by atoms with van der Waals surface area (Å²) < 4.78 is 0. The van der Waals surface area contributed by atoms with Gasteiger partial charge in [0.05, 0.1) is 22.2 Å². The number of phenols is 1. The van der Waals surface area contributed by atoms with Gasteiger partial charge in [-0.05, 0) is 12.1 Å². The Morgan fingerprint density at radius 2 is 1.85 bits per heavy atom. The number of rotatable bonds is 2. The third-order valence-corrected chi connectivity index (χ3v) is 2.09. The Balaban J connectivity index is 3.28. The van der Waals surface area contributed by atoms with Crippen LogP contribution in [0, 0.1) is 0 Å². The van der Waals surface area contributed by atoms with E-state index < -0.39 is 0 Å². The number of phenolic OH excluding ortho intramolecular Hbond substituents is 1. The number of aromatic hydroxyl groups is 1. The summed E-state index contributed by atoms with van der Waals surface area (Å²) in [7, 11) is 0. The van der Waals surface area contributed by atoms with Gasteiger partial charge in [-0.25, -0.2) is 0 Å². The lowest BCUT2D eigenvalue weighted by molar-refractivity contribution is 0.100. The van der Waals surface area contributed by atoms with Crippen molar-refractivity contribution in [1.82, 2.24) is 0 Å². The first-order chi connectivity index (χ1) is 6.06. The van der Waals surface area contributed by atoms with E-state index in [9.17, 15) is 4.79 Å². The second kappa shape index (κ2) is 3.96. The van der Waals surface area contributed by atoms with Gasteiger partial charge in [0.1, 0.15) is 5.75 Å². The Hall–Kier alpha value is -0.770. The van der Waals surface area contributed by atoms with Crippen molar-refractivity contribution in [2.24, 2.45) is 5.73 Å². The summed E-state index contributed by atoms with van der Waals surface area (Å²) in [5.41, 5.74) is 5.31. The Labute approximate surface area is 85.1 Å². The molecule has 0 amide bonds. The number of carbonyl (C=O) groups excluding carboxylic acids is 1. The average Bonchev–Trinajstić information content (AvgIpc) is 2.02. The van der Waals surface area contributed by atoms with Gasteiger partial charge in [0.15, 0.2) is 5.78 Å². The molecule has 3 N–H and O–H groups in total. The number of hydrogen-bond donors (Lipinski definition) is 2. The van der Waals surface area contributed by atoms with E-state index in [0.717, 1.165) is 0 Å². The molecule has 0 aromatic heterocycles. The molecule has 0 atom stereocenters. The van der Waals surface area contributed by atoms with Crippen LogP contribution in [0.3, 0.4) is 0 Å². The molecular weight excluding hydrogens is 213 g/mol. The van der Waals surface area contributed by atoms with E-state index in [4.69, 9.17) is 34.0 Å². The molecule has 0 aliphatic heterocycles. The fraction of sp³-hybridized carbons (Fsp3) is 0.125. The van der Waals surface area contributed by atoms with Gasteiger partial charge < -0.3 is 10.8 Å². The summed E-state index contributed by atoms with van der Waals surface area (Å²) in [4.78, 5) is 11.2. The Morgan fingerprint density at radius 1 is 1.38 bits per heavy atom. The monoisotopic (exact) mass is 219 g/mol. The molecular formula is C8H7Cl2NO2. The van der Waals surface area contributed by atoms with Crippen LogP contribution in [0.4, 0.5) is 0 Å². The quantitative estimate of drug-likeness (QED) is 0.747. The first-order valence-corrected chi connectivity index (χ1v) is 4.23. The van der Waals surface area contributed by atoms with Crippen LogP contribution >= 0.6 is 23.2 Å². The smallest absolute Gasteiger partial charge is 0.179 e. The Bertz CT molecular complexity index is 329. The molecule has 1 aromatic carbocycles. The lowest BCUT2D eigenvalue weighted by Crippen LogP contribution is -2.14. The minimum atomic E-state index is -0.352. The van der Waals surface area contributed by atoms with Crippen molar-refractivity contribution >= 4 is 29.0 Å². The number of Topliss-reactive ketones (excluding diaryl/α,β-unsaturated/α-hetero) is 1. The van der Waals surface area contributed by atoms with Gasteiger partial charge in [0.2, 0.25) is 0 Å². The first-order valence-electron chi connectivity index (χ1n) is 3.47. The summed E-state index contributed by atoms with van der Waals surface area (Å²) >= 11 is 11.4. The fourth-order valence-corrected chi connectivity index (χ4v) is 1.61. The molecule has 0 radical (unpaired) electrons. The standard InChI is InChI=1S/C8H7Cl2NO2/c9-5-1-4(12)2-6(10)8(5)7(13)3-11/h1-2,12H,3,11H2. The van der Waals surface area contributed by atoms with Crippen LogP contribution in [0.1, 0.15) is 10.4 Å².